The van der Waals surface area contributed by atoms with E-state index in [1.807, 2.05) is 22.9 Å². The normalized spacial score (nSPS) is 15.9. The molecule has 1 N–H and O–H groups in total. The molecule has 7 nitrogen and oxygen atoms in total. The third-order valence-electron chi connectivity index (χ3n) is 5.96. The Bertz CT molecular complexity index is 903. The van der Waals surface area contributed by atoms with Crippen molar-refractivity contribution in [2.45, 2.75) is 32.4 Å². The molecule has 1 aliphatic rings. The summed E-state index contributed by atoms with van der Waals surface area (Å²) in [7, 11) is 1.70. The number of nitrogens with zero attached hydrogens (tertiary/aromatic N) is 5. The van der Waals surface area contributed by atoms with Gasteiger partial charge in [-0.05, 0) is 40.3 Å². The second-order valence-corrected chi connectivity index (χ2v) is 7.86. The highest BCUT2D eigenvalue weighted by molar-refractivity contribution is 5.49. The van der Waals surface area contributed by atoms with Gasteiger partial charge in [0, 0.05) is 12.1 Å². The number of nitrogens with one attached hydrogen (secondary N) is 1. The van der Waals surface area contributed by atoms with Crippen LogP contribution in [0.2, 0.25) is 0 Å². The third-order valence-corrected chi connectivity index (χ3v) is 5.96. The third kappa shape index (κ3) is 4.62. The molecular weight excluding hydrogens is 376 g/mol. The summed E-state index contributed by atoms with van der Waals surface area (Å²) >= 11 is 0. The monoisotopic (exact) mass is 407 g/mol. The van der Waals surface area contributed by atoms with Crippen LogP contribution in [0.3, 0.4) is 0 Å². The quantitative estimate of drug-likeness (QED) is 0.619. The lowest BCUT2D eigenvalue weighted by atomic mass is 10.1. The van der Waals surface area contributed by atoms with Gasteiger partial charge in [0.15, 0.2) is 0 Å². The van der Waals surface area contributed by atoms with Crippen LogP contribution in [-0.4, -0.2) is 53.5 Å². The molecule has 0 saturated carbocycles. The number of tetrazole rings is 1. The van der Waals surface area contributed by atoms with Crippen molar-refractivity contribution in [2.24, 2.45) is 0 Å². The van der Waals surface area contributed by atoms with E-state index in [0.29, 0.717) is 12.6 Å². The molecule has 7 heteroatoms. The minimum atomic E-state index is 0.326. The first kappa shape index (κ1) is 20.3. The highest BCUT2D eigenvalue weighted by Gasteiger charge is 2.32. The van der Waals surface area contributed by atoms with Crippen molar-refractivity contribution < 1.29 is 9.64 Å². The van der Waals surface area contributed by atoms with Gasteiger partial charge in [-0.1, -0.05) is 43.7 Å². The largest absolute Gasteiger partial charge is 0.497 e. The van der Waals surface area contributed by atoms with Crippen molar-refractivity contribution in [1.29, 1.82) is 0 Å². The Labute approximate surface area is 178 Å². The summed E-state index contributed by atoms with van der Waals surface area (Å²) in [6.07, 6.45) is 2.21. The highest BCUT2D eigenvalue weighted by atomic mass is 16.5. The number of rotatable bonds is 8. The molecule has 1 aromatic heterocycles. The number of hydrogen-bond acceptors (Lipinski definition) is 5. The number of aromatic nitrogens is 4. The van der Waals surface area contributed by atoms with Crippen molar-refractivity contribution in [3.05, 3.63) is 66.0 Å². The van der Waals surface area contributed by atoms with Crippen molar-refractivity contribution in [2.75, 3.05) is 38.2 Å². The SMILES string of the molecule is CCC[C@H](c1nnnn1Cc1ccccc1)[NH+]1CCN(c2ccc(OC)cc2)CC1. The van der Waals surface area contributed by atoms with E-state index < -0.39 is 0 Å². The zero-order valence-electron chi connectivity index (χ0n) is 17.9. The van der Waals surface area contributed by atoms with Crippen LogP contribution >= 0.6 is 0 Å². The molecule has 1 aliphatic heterocycles. The summed E-state index contributed by atoms with van der Waals surface area (Å²) in [4.78, 5) is 4.03. The molecule has 0 bridgehead atoms. The molecule has 0 aliphatic carbocycles. The molecule has 30 heavy (non-hydrogen) atoms. The lowest BCUT2D eigenvalue weighted by Crippen LogP contribution is -3.15. The molecule has 4 rings (SSSR count). The summed E-state index contributed by atoms with van der Waals surface area (Å²) in [5, 5.41) is 12.8. The molecule has 0 unspecified atom stereocenters. The number of ether oxygens (including phenoxy) is 1. The van der Waals surface area contributed by atoms with Crippen molar-refractivity contribution in [3.8, 4) is 5.75 Å². The summed E-state index contributed by atoms with van der Waals surface area (Å²) in [6.45, 7) is 7.17. The van der Waals surface area contributed by atoms with Crippen LogP contribution in [0.4, 0.5) is 5.69 Å². The number of piperazine rings is 1. The number of hydrogen-bond donors (Lipinski definition) is 1. The van der Waals surface area contributed by atoms with Gasteiger partial charge >= 0.3 is 0 Å². The molecule has 158 valence electrons. The van der Waals surface area contributed by atoms with Gasteiger partial charge in [0.05, 0.1) is 39.8 Å². The van der Waals surface area contributed by atoms with Gasteiger partial charge in [0.25, 0.3) is 0 Å². The molecule has 1 fully saturated rings. The molecule has 1 atom stereocenters. The van der Waals surface area contributed by atoms with E-state index in [1.165, 1.54) is 11.3 Å². The summed E-state index contributed by atoms with van der Waals surface area (Å²) < 4.78 is 7.27. The highest BCUT2D eigenvalue weighted by Crippen LogP contribution is 2.20. The zero-order chi connectivity index (χ0) is 20.8. The smallest absolute Gasteiger partial charge is 0.209 e. The fraction of sp³-hybridized carbons (Fsp3) is 0.435. The Morgan fingerprint density at radius 3 is 2.43 bits per heavy atom. The molecule has 1 saturated heterocycles. The molecule has 0 radical (unpaired) electrons. The summed E-state index contributed by atoms with van der Waals surface area (Å²) in [6, 6.07) is 19.1. The number of methoxy groups -OCH3 is 1. The Kier molecular flexibility index (Phi) is 6.59. The van der Waals surface area contributed by atoms with Crippen LogP contribution in [0.1, 0.15) is 37.2 Å². The molecule has 0 amide bonds. The molecule has 3 aromatic rings. The van der Waals surface area contributed by atoms with Gasteiger partial charge in [-0.3, -0.25) is 0 Å². The average Bonchev–Trinajstić information content (AvgIpc) is 3.26. The van der Waals surface area contributed by atoms with E-state index in [0.717, 1.165) is 50.6 Å². The summed E-state index contributed by atoms with van der Waals surface area (Å²) in [5.74, 6) is 1.91. The van der Waals surface area contributed by atoms with Crippen molar-refractivity contribution in [1.82, 2.24) is 20.2 Å². The van der Waals surface area contributed by atoms with Crippen LogP contribution in [0, 0.1) is 0 Å². The minimum absolute atomic E-state index is 0.326. The Hall–Kier alpha value is -2.93. The second kappa shape index (κ2) is 9.71. The lowest BCUT2D eigenvalue weighted by Gasteiger charge is -2.37. The number of anilines is 1. The van der Waals surface area contributed by atoms with E-state index >= 15 is 0 Å². The van der Waals surface area contributed by atoms with Crippen LogP contribution in [0.5, 0.6) is 5.75 Å². The van der Waals surface area contributed by atoms with Crippen LogP contribution in [-0.2, 0) is 6.54 Å². The lowest BCUT2D eigenvalue weighted by molar-refractivity contribution is -0.933. The van der Waals surface area contributed by atoms with Gasteiger partial charge in [0.1, 0.15) is 11.8 Å². The molecule has 2 aromatic carbocycles. The van der Waals surface area contributed by atoms with E-state index in [9.17, 15) is 0 Å². The first-order valence-corrected chi connectivity index (χ1v) is 10.8. The van der Waals surface area contributed by atoms with Gasteiger partial charge in [-0.25, -0.2) is 4.68 Å². The maximum atomic E-state index is 5.28. The fourth-order valence-electron chi connectivity index (χ4n) is 4.33. The minimum Gasteiger partial charge on any atom is -0.497 e. The standard InChI is InChI=1S/C23H30N6O/c1-3-7-22(23-24-25-26-29(23)18-19-8-5-4-6-9-19)28-16-14-27(15-17-28)20-10-12-21(30-2)13-11-20/h4-6,8-13,22H,3,7,14-18H2,1-2H3/p+1/t22-/m1/s1. The van der Waals surface area contributed by atoms with E-state index in [2.05, 4.69) is 63.7 Å². The maximum absolute atomic E-state index is 5.28. The fourth-order valence-corrected chi connectivity index (χ4v) is 4.33. The molecule has 0 spiro atoms. The first-order valence-electron chi connectivity index (χ1n) is 10.8. The Morgan fingerprint density at radius 1 is 1.03 bits per heavy atom. The Morgan fingerprint density at radius 2 is 1.77 bits per heavy atom. The van der Waals surface area contributed by atoms with Gasteiger partial charge in [-0.15, -0.1) is 5.10 Å². The predicted molar refractivity (Wildman–Crippen MR) is 117 cm³/mol. The zero-order valence-corrected chi connectivity index (χ0v) is 17.9. The predicted octanol–water partition coefficient (Wildman–Crippen LogP) is 1.98. The molecular formula is C23H31N6O+. The maximum Gasteiger partial charge on any atom is 0.209 e. The molecule has 2 heterocycles. The van der Waals surface area contributed by atoms with E-state index in [4.69, 9.17) is 4.74 Å². The Balaban J connectivity index is 1.45. The van der Waals surface area contributed by atoms with Crippen LogP contribution < -0.4 is 14.5 Å². The van der Waals surface area contributed by atoms with Gasteiger partial charge < -0.3 is 14.5 Å². The average molecular weight is 408 g/mol. The van der Waals surface area contributed by atoms with E-state index in [-0.39, 0.29) is 0 Å². The number of benzene rings is 2. The van der Waals surface area contributed by atoms with Crippen LogP contribution in [0.25, 0.3) is 0 Å². The topological polar surface area (TPSA) is 60.5 Å². The van der Waals surface area contributed by atoms with Crippen molar-refractivity contribution in [3.63, 3.8) is 0 Å². The van der Waals surface area contributed by atoms with Gasteiger partial charge in [0.2, 0.25) is 5.82 Å². The van der Waals surface area contributed by atoms with Crippen molar-refractivity contribution >= 4 is 5.69 Å². The second-order valence-electron chi connectivity index (χ2n) is 7.86. The van der Waals surface area contributed by atoms with Gasteiger partial charge in [-0.2, -0.15) is 0 Å². The number of quaternary nitrogens is 1. The first-order chi connectivity index (χ1) is 14.8. The van der Waals surface area contributed by atoms with Crippen LogP contribution in [0.15, 0.2) is 54.6 Å². The van der Waals surface area contributed by atoms with E-state index in [1.54, 1.807) is 12.0 Å². The summed E-state index contributed by atoms with van der Waals surface area (Å²) in [5.41, 5.74) is 2.48.